The maximum atomic E-state index is 12.8. The smallest absolute Gasteiger partial charge is 0.328 e. The van der Waals surface area contributed by atoms with Gasteiger partial charge in [0.05, 0.1) is 25.4 Å². The number of urea groups is 1. The first-order valence-corrected chi connectivity index (χ1v) is 10.2. The van der Waals surface area contributed by atoms with Gasteiger partial charge in [0.2, 0.25) is 0 Å². The van der Waals surface area contributed by atoms with E-state index in [9.17, 15) is 4.79 Å². The normalized spacial score (nSPS) is 11.3. The molecule has 0 bridgehead atoms. The molecule has 0 heterocycles. The molecular formula is C23H32N4O2. The Balaban J connectivity index is 1.92. The fraction of sp³-hybridized carbons (Fsp3) is 0.391. The van der Waals surface area contributed by atoms with Gasteiger partial charge in [-0.15, -0.1) is 0 Å². The minimum absolute atomic E-state index is 0.101. The quantitative estimate of drug-likeness (QED) is 0.383. The number of carbonyl (C=O) groups is 1. The Morgan fingerprint density at radius 1 is 1.03 bits per heavy atom. The molecule has 0 saturated carbocycles. The van der Waals surface area contributed by atoms with Crippen molar-refractivity contribution in [1.82, 2.24) is 5.32 Å². The summed E-state index contributed by atoms with van der Waals surface area (Å²) in [5.41, 5.74) is 10.3. The summed E-state index contributed by atoms with van der Waals surface area (Å²) >= 11 is 0. The number of anilines is 1. The fourth-order valence-electron chi connectivity index (χ4n) is 3.18. The predicted molar refractivity (Wildman–Crippen MR) is 119 cm³/mol. The van der Waals surface area contributed by atoms with Gasteiger partial charge >= 0.3 is 6.03 Å². The van der Waals surface area contributed by atoms with Crippen LogP contribution in [-0.4, -0.2) is 31.7 Å². The van der Waals surface area contributed by atoms with E-state index >= 15 is 0 Å². The molecule has 156 valence electrons. The van der Waals surface area contributed by atoms with Gasteiger partial charge in [-0.25, -0.2) is 4.79 Å². The lowest BCUT2D eigenvalue weighted by atomic mass is 10.0. The van der Waals surface area contributed by atoms with Gasteiger partial charge in [0.1, 0.15) is 0 Å². The molecule has 2 amide bonds. The van der Waals surface area contributed by atoms with E-state index < -0.39 is 0 Å². The summed E-state index contributed by atoms with van der Waals surface area (Å²) in [7, 11) is 0. The van der Waals surface area contributed by atoms with Crippen molar-refractivity contribution in [3.8, 4) is 0 Å². The number of nitrogens with zero attached hydrogens (tertiary/aromatic N) is 2. The Kier molecular flexibility index (Phi) is 9.18. The van der Waals surface area contributed by atoms with E-state index in [1.807, 2.05) is 43.3 Å². The molecule has 0 aliphatic rings. The van der Waals surface area contributed by atoms with Gasteiger partial charge in [-0.3, -0.25) is 15.2 Å². The van der Waals surface area contributed by atoms with Crippen molar-refractivity contribution in [3.05, 3.63) is 65.2 Å². The highest BCUT2D eigenvalue weighted by Crippen LogP contribution is 2.27. The molecule has 6 heteroatoms. The average molecular weight is 397 g/mol. The first kappa shape index (κ1) is 22.4. The van der Waals surface area contributed by atoms with E-state index in [0.717, 1.165) is 35.2 Å². The van der Waals surface area contributed by atoms with Crippen molar-refractivity contribution in [2.75, 3.05) is 24.6 Å². The number of aryl methyl sites for hydroxylation is 2. The van der Waals surface area contributed by atoms with Gasteiger partial charge in [-0.2, -0.15) is 0 Å². The molecule has 0 radical (unpaired) electrons. The third-order valence-electron chi connectivity index (χ3n) is 4.66. The van der Waals surface area contributed by atoms with Gasteiger partial charge in [0, 0.05) is 6.54 Å². The predicted octanol–water partition coefficient (Wildman–Crippen LogP) is 3.88. The Morgan fingerprint density at radius 3 is 2.28 bits per heavy atom. The molecule has 0 fully saturated rings. The highest BCUT2D eigenvalue weighted by atomic mass is 16.5. The van der Waals surface area contributed by atoms with Crippen LogP contribution >= 0.6 is 0 Å². The van der Waals surface area contributed by atoms with Crippen LogP contribution in [0.2, 0.25) is 0 Å². The topological polar surface area (TPSA) is 80.0 Å². The summed E-state index contributed by atoms with van der Waals surface area (Å²) in [5, 5.41) is 2.70. The summed E-state index contributed by atoms with van der Waals surface area (Å²) < 4.78 is 5.59. The number of benzene rings is 2. The van der Waals surface area contributed by atoms with Crippen LogP contribution in [0.1, 0.15) is 37.5 Å². The fourth-order valence-corrected chi connectivity index (χ4v) is 3.18. The summed E-state index contributed by atoms with van der Waals surface area (Å²) in [6.45, 7) is 8.03. The van der Waals surface area contributed by atoms with Crippen LogP contribution in [0.5, 0.6) is 0 Å². The number of carbonyl (C=O) groups excluding carboxylic acids is 1. The number of rotatable bonds is 9. The standard InChI is InChI=1S/C23H32N4O2/c1-4-19-13-10-14-20(5-2)21(19)27(6-3)23(28)26-22(24)25-15-16-29-17-18-11-8-7-9-12-18/h7-14H,4-6,15-17H2,1-3H3,(H3,24,25,26,28). The average Bonchev–Trinajstić information content (AvgIpc) is 2.74. The Bertz CT molecular complexity index is 784. The number of nitrogens with two attached hydrogens (primary N) is 1. The van der Waals surface area contributed by atoms with E-state index in [-0.39, 0.29) is 12.0 Å². The number of nitrogens with one attached hydrogen (secondary N) is 1. The second kappa shape index (κ2) is 11.9. The summed E-state index contributed by atoms with van der Waals surface area (Å²) in [4.78, 5) is 18.7. The zero-order chi connectivity index (χ0) is 21.1. The van der Waals surface area contributed by atoms with Crippen molar-refractivity contribution in [1.29, 1.82) is 0 Å². The maximum absolute atomic E-state index is 12.8. The van der Waals surface area contributed by atoms with Crippen LogP contribution < -0.4 is 16.0 Å². The molecular weight excluding hydrogens is 364 g/mol. The van der Waals surface area contributed by atoms with Gasteiger partial charge < -0.3 is 10.5 Å². The zero-order valence-electron chi connectivity index (χ0n) is 17.6. The molecule has 29 heavy (non-hydrogen) atoms. The maximum Gasteiger partial charge on any atom is 0.328 e. The molecule has 0 spiro atoms. The Hall–Kier alpha value is -2.86. The molecule has 0 aliphatic carbocycles. The van der Waals surface area contributed by atoms with Crippen LogP contribution in [0, 0.1) is 0 Å². The number of guanidine groups is 1. The van der Waals surface area contributed by atoms with Crippen molar-refractivity contribution in [2.24, 2.45) is 10.7 Å². The molecule has 2 aromatic rings. The van der Waals surface area contributed by atoms with E-state index in [0.29, 0.717) is 26.3 Å². The van der Waals surface area contributed by atoms with Crippen LogP contribution in [0.4, 0.5) is 10.5 Å². The van der Waals surface area contributed by atoms with Crippen molar-refractivity contribution in [2.45, 2.75) is 40.2 Å². The molecule has 0 unspecified atom stereocenters. The van der Waals surface area contributed by atoms with Crippen LogP contribution in [0.15, 0.2) is 53.5 Å². The second-order valence-electron chi connectivity index (χ2n) is 6.61. The summed E-state index contributed by atoms with van der Waals surface area (Å²) in [6, 6.07) is 15.8. The van der Waals surface area contributed by atoms with E-state index in [2.05, 4.69) is 36.3 Å². The number of ether oxygens (including phenoxy) is 1. The number of para-hydroxylation sites is 1. The molecule has 3 N–H and O–H groups in total. The SMILES string of the molecule is CCc1cccc(CC)c1N(CC)C(=O)NC(N)=NCCOCc1ccccc1. The molecule has 0 atom stereocenters. The number of amides is 2. The second-order valence-corrected chi connectivity index (χ2v) is 6.61. The van der Waals surface area contributed by atoms with Gasteiger partial charge in [0.15, 0.2) is 5.96 Å². The first-order chi connectivity index (χ1) is 14.1. The third-order valence-corrected chi connectivity index (χ3v) is 4.66. The number of hydrogen-bond acceptors (Lipinski definition) is 3. The lowest BCUT2D eigenvalue weighted by molar-refractivity contribution is 0.128. The third kappa shape index (κ3) is 6.61. The highest BCUT2D eigenvalue weighted by Gasteiger charge is 2.20. The zero-order valence-corrected chi connectivity index (χ0v) is 17.6. The van der Waals surface area contributed by atoms with Crippen molar-refractivity contribution >= 4 is 17.7 Å². The Labute approximate surface area is 173 Å². The molecule has 0 aromatic heterocycles. The molecule has 2 rings (SSSR count). The monoisotopic (exact) mass is 396 g/mol. The van der Waals surface area contributed by atoms with Gasteiger partial charge in [-0.1, -0.05) is 62.4 Å². The molecule has 2 aromatic carbocycles. The van der Waals surface area contributed by atoms with E-state index in [1.165, 1.54) is 0 Å². The largest absolute Gasteiger partial charge is 0.375 e. The van der Waals surface area contributed by atoms with E-state index in [1.54, 1.807) is 4.90 Å². The minimum atomic E-state index is -0.269. The van der Waals surface area contributed by atoms with E-state index in [4.69, 9.17) is 10.5 Å². The van der Waals surface area contributed by atoms with Gasteiger partial charge in [-0.05, 0) is 36.5 Å². The van der Waals surface area contributed by atoms with Crippen LogP contribution in [0.3, 0.4) is 0 Å². The van der Waals surface area contributed by atoms with Crippen molar-refractivity contribution < 1.29 is 9.53 Å². The van der Waals surface area contributed by atoms with Crippen LogP contribution in [-0.2, 0) is 24.2 Å². The summed E-state index contributed by atoms with van der Waals surface area (Å²) in [5.74, 6) is 0.101. The molecule has 0 aliphatic heterocycles. The lowest BCUT2D eigenvalue weighted by Crippen LogP contribution is -2.46. The Morgan fingerprint density at radius 2 is 1.69 bits per heavy atom. The van der Waals surface area contributed by atoms with Crippen LogP contribution in [0.25, 0.3) is 0 Å². The highest BCUT2D eigenvalue weighted by molar-refractivity contribution is 6.04. The van der Waals surface area contributed by atoms with Crippen molar-refractivity contribution in [3.63, 3.8) is 0 Å². The molecule has 6 nitrogen and oxygen atoms in total. The lowest BCUT2D eigenvalue weighted by Gasteiger charge is -2.26. The number of aliphatic imine (C=N–C) groups is 1. The number of hydrogen-bond donors (Lipinski definition) is 2. The minimum Gasteiger partial charge on any atom is -0.375 e. The first-order valence-electron chi connectivity index (χ1n) is 10.2. The molecule has 0 saturated heterocycles. The summed E-state index contributed by atoms with van der Waals surface area (Å²) in [6.07, 6.45) is 1.71. The van der Waals surface area contributed by atoms with Gasteiger partial charge in [0.25, 0.3) is 0 Å².